The van der Waals surface area contributed by atoms with Crippen LogP contribution in [0.2, 0.25) is 0 Å². The van der Waals surface area contributed by atoms with Crippen LogP contribution in [0.3, 0.4) is 0 Å². The van der Waals surface area contributed by atoms with Gasteiger partial charge in [-0.2, -0.15) is 0 Å². The van der Waals surface area contributed by atoms with E-state index in [-0.39, 0.29) is 5.91 Å². The van der Waals surface area contributed by atoms with Crippen LogP contribution in [0.15, 0.2) is 48.5 Å². The average Bonchev–Trinajstić information content (AvgIpc) is 2.95. The van der Waals surface area contributed by atoms with Gasteiger partial charge in [0.1, 0.15) is 5.82 Å². The number of carbonyl (C=O) groups is 1. The molecule has 112 valence electrons. The van der Waals surface area contributed by atoms with Gasteiger partial charge in [0.2, 0.25) is 0 Å². The summed E-state index contributed by atoms with van der Waals surface area (Å²) < 4.78 is 0. The molecule has 1 amide bonds. The van der Waals surface area contributed by atoms with E-state index >= 15 is 0 Å². The Morgan fingerprint density at radius 3 is 2.55 bits per heavy atom. The third-order valence-corrected chi connectivity index (χ3v) is 3.69. The van der Waals surface area contributed by atoms with Crippen LogP contribution in [-0.4, -0.2) is 15.9 Å². The fourth-order valence-corrected chi connectivity index (χ4v) is 2.37. The van der Waals surface area contributed by atoms with Gasteiger partial charge < -0.3 is 10.3 Å². The summed E-state index contributed by atoms with van der Waals surface area (Å²) in [7, 11) is 0. The van der Waals surface area contributed by atoms with Crippen LogP contribution in [0.25, 0.3) is 11.0 Å². The maximum Gasteiger partial charge on any atom is 0.251 e. The van der Waals surface area contributed by atoms with Crippen molar-refractivity contribution >= 4 is 16.9 Å². The van der Waals surface area contributed by atoms with E-state index < -0.39 is 0 Å². The Morgan fingerprint density at radius 1 is 1.14 bits per heavy atom. The molecule has 0 saturated heterocycles. The van der Waals surface area contributed by atoms with Gasteiger partial charge >= 0.3 is 0 Å². The molecular formula is C18H19N3O. The van der Waals surface area contributed by atoms with Gasteiger partial charge in [-0.3, -0.25) is 4.79 Å². The van der Waals surface area contributed by atoms with Gasteiger partial charge in [-0.05, 0) is 35.7 Å². The molecule has 0 unspecified atom stereocenters. The third-order valence-electron chi connectivity index (χ3n) is 3.69. The summed E-state index contributed by atoms with van der Waals surface area (Å²) in [6.45, 7) is 4.66. The number of fused-ring (bicyclic) bond motifs is 1. The topological polar surface area (TPSA) is 57.8 Å². The Hall–Kier alpha value is -2.62. The number of rotatable bonds is 4. The zero-order valence-electron chi connectivity index (χ0n) is 12.8. The first kappa shape index (κ1) is 14.3. The maximum atomic E-state index is 12.2. The minimum Gasteiger partial charge on any atom is -0.345 e. The molecule has 0 aliphatic rings. The second kappa shape index (κ2) is 6.02. The molecule has 0 spiro atoms. The number of aromatic amines is 1. The Morgan fingerprint density at radius 2 is 1.86 bits per heavy atom. The lowest BCUT2D eigenvalue weighted by Gasteiger charge is -2.07. The molecule has 0 atom stereocenters. The first-order valence-electron chi connectivity index (χ1n) is 7.45. The molecule has 1 heterocycles. The van der Waals surface area contributed by atoms with Crippen molar-refractivity contribution in [2.45, 2.75) is 26.3 Å². The number of nitrogens with one attached hydrogen (secondary N) is 2. The predicted molar refractivity (Wildman–Crippen MR) is 87.8 cm³/mol. The number of para-hydroxylation sites is 2. The number of nitrogens with zero attached hydrogens (tertiary/aromatic N) is 1. The van der Waals surface area contributed by atoms with Crippen LogP contribution in [0.4, 0.5) is 0 Å². The molecule has 0 aliphatic carbocycles. The van der Waals surface area contributed by atoms with Crippen molar-refractivity contribution in [2.75, 3.05) is 0 Å². The second-order valence-electron chi connectivity index (χ2n) is 5.66. The normalized spacial score (nSPS) is 11.0. The van der Waals surface area contributed by atoms with Gasteiger partial charge in [-0.1, -0.05) is 38.1 Å². The van der Waals surface area contributed by atoms with Crippen LogP contribution in [0, 0.1) is 0 Å². The molecule has 22 heavy (non-hydrogen) atoms. The molecule has 0 bridgehead atoms. The summed E-state index contributed by atoms with van der Waals surface area (Å²) in [5, 5.41) is 2.89. The number of carbonyl (C=O) groups excluding carboxylic acids is 1. The summed E-state index contributed by atoms with van der Waals surface area (Å²) in [4.78, 5) is 19.8. The highest BCUT2D eigenvalue weighted by Gasteiger charge is 2.08. The Bertz CT molecular complexity index is 754. The summed E-state index contributed by atoms with van der Waals surface area (Å²) in [6, 6.07) is 15.6. The van der Waals surface area contributed by atoms with E-state index in [1.807, 2.05) is 48.5 Å². The van der Waals surface area contributed by atoms with E-state index in [0.717, 1.165) is 16.9 Å². The second-order valence-corrected chi connectivity index (χ2v) is 5.66. The summed E-state index contributed by atoms with van der Waals surface area (Å²) in [5.41, 5.74) is 3.79. The minimum absolute atomic E-state index is 0.0873. The first-order chi connectivity index (χ1) is 10.6. The molecule has 2 N–H and O–H groups in total. The molecule has 2 aromatic carbocycles. The number of amides is 1. The Kier molecular flexibility index (Phi) is 3.92. The molecule has 1 aromatic heterocycles. The van der Waals surface area contributed by atoms with Crippen molar-refractivity contribution in [1.29, 1.82) is 0 Å². The van der Waals surface area contributed by atoms with Gasteiger partial charge in [0.15, 0.2) is 0 Å². The number of hydrogen-bond donors (Lipinski definition) is 2. The lowest BCUT2D eigenvalue weighted by molar-refractivity contribution is 0.0950. The molecule has 0 fully saturated rings. The number of H-pyrrole nitrogens is 1. The lowest BCUT2D eigenvalue weighted by atomic mass is 10.0. The van der Waals surface area contributed by atoms with Crippen LogP contribution in [0.5, 0.6) is 0 Å². The van der Waals surface area contributed by atoms with Crippen LogP contribution in [-0.2, 0) is 6.54 Å². The highest BCUT2D eigenvalue weighted by atomic mass is 16.1. The van der Waals surface area contributed by atoms with Gasteiger partial charge in [0.25, 0.3) is 5.91 Å². The Balaban J connectivity index is 1.66. The maximum absolute atomic E-state index is 12.2. The molecule has 3 rings (SSSR count). The van der Waals surface area contributed by atoms with E-state index in [4.69, 9.17) is 0 Å². The molecule has 0 aliphatic heterocycles. The zero-order valence-corrected chi connectivity index (χ0v) is 12.8. The minimum atomic E-state index is -0.0873. The van der Waals surface area contributed by atoms with E-state index in [1.165, 1.54) is 5.56 Å². The molecule has 4 heteroatoms. The molecule has 3 aromatic rings. The van der Waals surface area contributed by atoms with Crippen molar-refractivity contribution in [3.8, 4) is 0 Å². The standard InChI is InChI=1S/C18H19N3O/c1-12(2)13-7-9-14(10-8-13)18(22)19-11-17-20-15-5-3-4-6-16(15)21-17/h3-10,12H,11H2,1-2H3,(H,19,22)(H,20,21). The molecule has 0 radical (unpaired) electrons. The highest BCUT2D eigenvalue weighted by molar-refractivity contribution is 5.94. The van der Waals surface area contributed by atoms with Gasteiger partial charge in [0.05, 0.1) is 17.6 Å². The zero-order chi connectivity index (χ0) is 15.5. The van der Waals surface area contributed by atoms with E-state index in [2.05, 4.69) is 29.1 Å². The highest BCUT2D eigenvalue weighted by Crippen LogP contribution is 2.15. The largest absolute Gasteiger partial charge is 0.345 e. The molecular weight excluding hydrogens is 274 g/mol. The number of aromatic nitrogens is 2. The average molecular weight is 293 g/mol. The Labute approximate surface area is 129 Å². The fraction of sp³-hybridized carbons (Fsp3) is 0.222. The van der Waals surface area contributed by atoms with Crippen LogP contribution >= 0.6 is 0 Å². The molecule has 4 nitrogen and oxygen atoms in total. The summed E-state index contributed by atoms with van der Waals surface area (Å²) in [5.74, 6) is 1.14. The van der Waals surface area contributed by atoms with E-state index in [9.17, 15) is 4.79 Å². The number of hydrogen-bond acceptors (Lipinski definition) is 2. The number of benzene rings is 2. The van der Waals surface area contributed by atoms with Crippen LogP contribution < -0.4 is 5.32 Å². The lowest BCUT2D eigenvalue weighted by Crippen LogP contribution is -2.23. The van der Waals surface area contributed by atoms with Gasteiger partial charge in [0, 0.05) is 5.56 Å². The summed E-state index contributed by atoms with van der Waals surface area (Å²) in [6.07, 6.45) is 0. The van der Waals surface area contributed by atoms with Crippen molar-refractivity contribution in [3.63, 3.8) is 0 Å². The van der Waals surface area contributed by atoms with Crippen LogP contribution in [0.1, 0.15) is 41.5 Å². The van der Waals surface area contributed by atoms with E-state index in [0.29, 0.717) is 18.0 Å². The predicted octanol–water partition coefficient (Wildman–Crippen LogP) is 3.62. The third kappa shape index (κ3) is 3.01. The van der Waals surface area contributed by atoms with Gasteiger partial charge in [-0.15, -0.1) is 0 Å². The molecule has 0 saturated carbocycles. The van der Waals surface area contributed by atoms with Crippen molar-refractivity contribution < 1.29 is 4.79 Å². The quantitative estimate of drug-likeness (QED) is 0.772. The van der Waals surface area contributed by atoms with Crippen molar-refractivity contribution in [2.24, 2.45) is 0 Å². The monoisotopic (exact) mass is 293 g/mol. The van der Waals surface area contributed by atoms with E-state index in [1.54, 1.807) is 0 Å². The smallest absolute Gasteiger partial charge is 0.251 e. The van der Waals surface area contributed by atoms with Crippen molar-refractivity contribution in [1.82, 2.24) is 15.3 Å². The number of imidazole rings is 1. The first-order valence-corrected chi connectivity index (χ1v) is 7.45. The summed E-state index contributed by atoms with van der Waals surface area (Å²) >= 11 is 0. The fourth-order valence-electron chi connectivity index (χ4n) is 2.37. The SMILES string of the molecule is CC(C)c1ccc(C(=O)NCc2nc3ccccc3[nH]2)cc1. The van der Waals surface area contributed by atoms with Gasteiger partial charge in [-0.25, -0.2) is 4.98 Å². The van der Waals surface area contributed by atoms with Crippen molar-refractivity contribution in [3.05, 3.63) is 65.5 Å².